The molecule has 0 spiro atoms. The second kappa shape index (κ2) is 6.06. The Bertz CT molecular complexity index is 221. The molecule has 0 aromatic carbocycles. The molecule has 2 fully saturated rings. The largest absolute Gasteiger partial charge is 0.379 e. The average molecular weight is 227 g/mol. The summed E-state index contributed by atoms with van der Waals surface area (Å²) in [4.78, 5) is 11.7. The van der Waals surface area contributed by atoms with Gasteiger partial charge >= 0.3 is 6.03 Å². The number of ether oxygens (including phenoxy) is 1. The van der Waals surface area contributed by atoms with E-state index < -0.39 is 0 Å². The van der Waals surface area contributed by atoms with Gasteiger partial charge in [-0.05, 0) is 38.8 Å². The van der Waals surface area contributed by atoms with Crippen LogP contribution >= 0.6 is 0 Å². The molecule has 2 aliphatic heterocycles. The molecule has 0 bridgehead atoms. The van der Waals surface area contributed by atoms with Crippen LogP contribution < -0.4 is 16.0 Å². The van der Waals surface area contributed by atoms with E-state index in [1.807, 2.05) is 0 Å². The zero-order chi connectivity index (χ0) is 11.2. The molecular formula is C11H21N3O2. The molecule has 0 aromatic heterocycles. The molecule has 0 aliphatic carbocycles. The Morgan fingerprint density at radius 1 is 1.12 bits per heavy atom. The molecule has 3 N–H and O–H groups in total. The van der Waals surface area contributed by atoms with Crippen LogP contribution in [0.15, 0.2) is 0 Å². The Morgan fingerprint density at radius 3 is 2.81 bits per heavy atom. The lowest BCUT2D eigenvalue weighted by molar-refractivity contribution is 0.188. The van der Waals surface area contributed by atoms with E-state index in [-0.39, 0.29) is 12.1 Å². The molecule has 2 unspecified atom stereocenters. The fourth-order valence-electron chi connectivity index (χ4n) is 2.22. The molecule has 0 radical (unpaired) electrons. The Balaban J connectivity index is 1.68. The van der Waals surface area contributed by atoms with Gasteiger partial charge in [-0.2, -0.15) is 0 Å². The van der Waals surface area contributed by atoms with Gasteiger partial charge in [0, 0.05) is 12.6 Å². The molecule has 5 nitrogen and oxygen atoms in total. The van der Waals surface area contributed by atoms with Crippen molar-refractivity contribution in [2.75, 3.05) is 26.3 Å². The molecule has 0 saturated carbocycles. The highest BCUT2D eigenvalue weighted by molar-refractivity contribution is 5.74. The van der Waals surface area contributed by atoms with E-state index in [4.69, 9.17) is 4.74 Å². The van der Waals surface area contributed by atoms with Gasteiger partial charge in [0.25, 0.3) is 0 Å². The predicted molar refractivity (Wildman–Crippen MR) is 61.4 cm³/mol. The van der Waals surface area contributed by atoms with Crippen molar-refractivity contribution in [2.24, 2.45) is 0 Å². The summed E-state index contributed by atoms with van der Waals surface area (Å²) in [6, 6.07) is 0.476. The van der Waals surface area contributed by atoms with E-state index >= 15 is 0 Å². The Kier molecular flexibility index (Phi) is 4.42. The number of carbonyl (C=O) groups excluding carboxylic acids is 1. The normalized spacial score (nSPS) is 30.8. The second-order valence-corrected chi connectivity index (χ2v) is 4.56. The zero-order valence-electron chi connectivity index (χ0n) is 9.63. The number of hydrogen-bond acceptors (Lipinski definition) is 3. The van der Waals surface area contributed by atoms with Crippen molar-refractivity contribution in [3.05, 3.63) is 0 Å². The van der Waals surface area contributed by atoms with Crippen molar-refractivity contribution in [2.45, 2.75) is 37.8 Å². The Hall–Kier alpha value is -0.810. The molecule has 16 heavy (non-hydrogen) atoms. The van der Waals surface area contributed by atoms with Crippen LogP contribution in [0.5, 0.6) is 0 Å². The highest BCUT2D eigenvalue weighted by atomic mass is 16.5. The highest BCUT2D eigenvalue weighted by Crippen LogP contribution is 2.06. The summed E-state index contributed by atoms with van der Waals surface area (Å²) in [6.45, 7) is 3.48. The van der Waals surface area contributed by atoms with Crippen molar-refractivity contribution < 1.29 is 9.53 Å². The minimum Gasteiger partial charge on any atom is -0.379 e. The fourth-order valence-corrected chi connectivity index (χ4v) is 2.22. The van der Waals surface area contributed by atoms with E-state index in [9.17, 15) is 4.79 Å². The molecule has 2 atom stereocenters. The number of rotatable bonds is 2. The van der Waals surface area contributed by atoms with Gasteiger partial charge in [-0.25, -0.2) is 4.79 Å². The third-order valence-electron chi connectivity index (χ3n) is 3.18. The standard InChI is InChI=1S/C11H21N3O2/c15-11(14-10-4-7-16-8-10)13-9-2-1-5-12-6-3-9/h9-10,12H,1-8H2,(H2,13,14,15). The highest BCUT2D eigenvalue weighted by Gasteiger charge is 2.19. The smallest absolute Gasteiger partial charge is 0.315 e. The minimum atomic E-state index is -0.0394. The van der Waals surface area contributed by atoms with Crippen LogP contribution in [0, 0.1) is 0 Å². The lowest BCUT2D eigenvalue weighted by Gasteiger charge is -2.18. The zero-order valence-corrected chi connectivity index (χ0v) is 9.63. The summed E-state index contributed by atoms with van der Waals surface area (Å²) in [5.74, 6) is 0. The monoisotopic (exact) mass is 227 g/mol. The van der Waals surface area contributed by atoms with Crippen LogP contribution in [-0.2, 0) is 4.74 Å². The summed E-state index contributed by atoms with van der Waals surface area (Å²) < 4.78 is 5.22. The topological polar surface area (TPSA) is 62.4 Å². The summed E-state index contributed by atoms with van der Waals surface area (Å²) in [5, 5.41) is 9.32. The van der Waals surface area contributed by atoms with Crippen molar-refractivity contribution in [3.8, 4) is 0 Å². The van der Waals surface area contributed by atoms with Gasteiger partial charge < -0.3 is 20.7 Å². The van der Waals surface area contributed by atoms with Gasteiger partial charge in [0.15, 0.2) is 0 Å². The second-order valence-electron chi connectivity index (χ2n) is 4.56. The third-order valence-corrected chi connectivity index (χ3v) is 3.18. The quantitative estimate of drug-likeness (QED) is 0.632. The van der Waals surface area contributed by atoms with Crippen LogP contribution in [0.25, 0.3) is 0 Å². The van der Waals surface area contributed by atoms with E-state index in [2.05, 4.69) is 16.0 Å². The Labute approximate surface area is 96.3 Å². The van der Waals surface area contributed by atoms with E-state index in [0.29, 0.717) is 12.6 Å². The molecule has 2 amide bonds. The van der Waals surface area contributed by atoms with Crippen LogP contribution in [0.2, 0.25) is 0 Å². The third kappa shape index (κ3) is 3.64. The van der Waals surface area contributed by atoms with E-state index in [1.54, 1.807) is 0 Å². The number of nitrogens with one attached hydrogen (secondary N) is 3. The summed E-state index contributed by atoms with van der Waals surface area (Å²) in [5.41, 5.74) is 0. The van der Waals surface area contributed by atoms with Gasteiger partial charge in [-0.3, -0.25) is 0 Å². The van der Waals surface area contributed by atoms with Crippen molar-refractivity contribution >= 4 is 6.03 Å². The molecule has 2 heterocycles. The van der Waals surface area contributed by atoms with Gasteiger partial charge in [-0.15, -0.1) is 0 Å². The maximum atomic E-state index is 11.7. The summed E-state index contributed by atoms with van der Waals surface area (Å²) in [6.07, 6.45) is 4.16. The number of urea groups is 1. The van der Waals surface area contributed by atoms with Crippen molar-refractivity contribution in [1.82, 2.24) is 16.0 Å². The predicted octanol–water partition coefficient (Wildman–Crippen LogP) is 0.217. The molecule has 2 saturated heterocycles. The summed E-state index contributed by atoms with van der Waals surface area (Å²) in [7, 11) is 0. The van der Waals surface area contributed by atoms with Gasteiger partial charge in [0.2, 0.25) is 0 Å². The first-order valence-corrected chi connectivity index (χ1v) is 6.20. The van der Waals surface area contributed by atoms with Crippen LogP contribution in [0.3, 0.4) is 0 Å². The first-order chi connectivity index (χ1) is 7.84. The van der Waals surface area contributed by atoms with Crippen molar-refractivity contribution in [3.63, 3.8) is 0 Å². The van der Waals surface area contributed by atoms with Gasteiger partial charge in [0.1, 0.15) is 0 Å². The summed E-state index contributed by atoms with van der Waals surface area (Å²) >= 11 is 0. The molecule has 0 aromatic rings. The minimum absolute atomic E-state index is 0.0394. The number of hydrogen-bond donors (Lipinski definition) is 3. The first kappa shape index (κ1) is 11.7. The average Bonchev–Trinajstić information content (AvgIpc) is 2.62. The van der Waals surface area contributed by atoms with E-state index in [1.165, 1.54) is 0 Å². The maximum absolute atomic E-state index is 11.7. The lowest BCUT2D eigenvalue weighted by atomic mass is 10.1. The first-order valence-electron chi connectivity index (χ1n) is 6.20. The van der Waals surface area contributed by atoms with Crippen LogP contribution in [-0.4, -0.2) is 44.4 Å². The van der Waals surface area contributed by atoms with Crippen LogP contribution in [0.1, 0.15) is 25.7 Å². The molecular weight excluding hydrogens is 206 g/mol. The number of carbonyl (C=O) groups is 1. The number of amides is 2. The van der Waals surface area contributed by atoms with Crippen LogP contribution in [0.4, 0.5) is 4.79 Å². The molecule has 2 aliphatic rings. The van der Waals surface area contributed by atoms with E-state index in [0.717, 1.165) is 45.4 Å². The molecule has 5 heteroatoms. The fraction of sp³-hybridized carbons (Fsp3) is 0.909. The Morgan fingerprint density at radius 2 is 2.00 bits per heavy atom. The van der Waals surface area contributed by atoms with Gasteiger partial charge in [0.05, 0.1) is 12.6 Å². The molecule has 92 valence electrons. The lowest BCUT2D eigenvalue weighted by Crippen LogP contribution is -2.46. The molecule has 2 rings (SSSR count). The van der Waals surface area contributed by atoms with Crippen molar-refractivity contribution in [1.29, 1.82) is 0 Å². The maximum Gasteiger partial charge on any atom is 0.315 e. The SMILES string of the molecule is O=C(NC1CCCNCC1)NC1CCOC1. The van der Waals surface area contributed by atoms with Gasteiger partial charge in [-0.1, -0.05) is 0 Å².